The third-order valence-corrected chi connectivity index (χ3v) is 2.70. The molecule has 1 aromatic rings. The van der Waals surface area contributed by atoms with Crippen molar-refractivity contribution in [2.24, 2.45) is 10.7 Å². The molecular formula is C14H24N4. The fraction of sp³-hybridized carbons (Fsp3) is 0.571. The Balaban J connectivity index is 2.25. The lowest BCUT2D eigenvalue weighted by atomic mass is 10.2. The van der Waals surface area contributed by atoms with E-state index in [2.05, 4.69) is 28.3 Å². The first-order chi connectivity index (χ1) is 8.72. The van der Waals surface area contributed by atoms with Crippen LogP contribution in [0.25, 0.3) is 0 Å². The number of nitrogens with zero attached hydrogens (tertiary/aromatic N) is 2. The summed E-state index contributed by atoms with van der Waals surface area (Å²) in [5.74, 6) is 0.521. The first kappa shape index (κ1) is 14.5. The third kappa shape index (κ3) is 6.23. The minimum atomic E-state index is 0.521. The van der Waals surface area contributed by atoms with E-state index in [9.17, 15) is 0 Å². The first-order valence-corrected chi connectivity index (χ1v) is 6.66. The molecule has 3 N–H and O–H groups in total. The minimum Gasteiger partial charge on any atom is -0.370 e. The van der Waals surface area contributed by atoms with Crippen LogP contribution in [-0.4, -0.2) is 17.5 Å². The van der Waals surface area contributed by atoms with E-state index in [1.807, 2.05) is 19.3 Å². The van der Waals surface area contributed by atoms with Crippen molar-refractivity contribution in [2.45, 2.75) is 46.1 Å². The van der Waals surface area contributed by atoms with Crippen molar-refractivity contribution in [3.05, 3.63) is 29.6 Å². The molecule has 4 nitrogen and oxygen atoms in total. The predicted molar refractivity (Wildman–Crippen MR) is 76.4 cm³/mol. The Morgan fingerprint density at radius 1 is 1.33 bits per heavy atom. The van der Waals surface area contributed by atoms with Gasteiger partial charge >= 0.3 is 0 Å². The molecule has 100 valence electrons. The van der Waals surface area contributed by atoms with Crippen molar-refractivity contribution in [2.75, 3.05) is 6.54 Å². The largest absolute Gasteiger partial charge is 0.370 e. The van der Waals surface area contributed by atoms with E-state index >= 15 is 0 Å². The molecule has 4 heteroatoms. The second-order valence-corrected chi connectivity index (χ2v) is 4.56. The average Bonchev–Trinajstić information content (AvgIpc) is 2.36. The van der Waals surface area contributed by atoms with Crippen molar-refractivity contribution in [1.29, 1.82) is 0 Å². The highest BCUT2D eigenvalue weighted by Gasteiger charge is 1.95. The van der Waals surface area contributed by atoms with Crippen LogP contribution in [0.15, 0.2) is 23.5 Å². The molecule has 0 aromatic carbocycles. The van der Waals surface area contributed by atoms with E-state index in [0.717, 1.165) is 24.1 Å². The van der Waals surface area contributed by atoms with Crippen LogP contribution in [0.3, 0.4) is 0 Å². The molecule has 1 rings (SSSR count). The number of unbranched alkanes of at least 4 members (excludes halogenated alkanes) is 3. The van der Waals surface area contributed by atoms with Gasteiger partial charge in [0, 0.05) is 18.9 Å². The van der Waals surface area contributed by atoms with Crippen LogP contribution in [-0.2, 0) is 6.54 Å². The smallest absolute Gasteiger partial charge is 0.188 e. The zero-order valence-corrected chi connectivity index (χ0v) is 11.4. The summed E-state index contributed by atoms with van der Waals surface area (Å²) in [7, 11) is 0. The summed E-state index contributed by atoms with van der Waals surface area (Å²) in [6, 6.07) is 2.07. The number of hydrogen-bond acceptors (Lipinski definition) is 2. The van der Waals surface area contributed by atoms with Gasteiger partial charge in [0.2, 0.25) is 0 Å². The normalized spacial score (nSPS) is 11.6. The van der Waals surface area contributed by atoms with Crippen molar-refractivity contribution >= 4 is 5.96 Å². The average molecular weight is 248 g/mol. The van der Waals surface area contributed by atoms with E-state index in [4.69, 9.17) is 5.73 Å². The van der Waals surface area contributed by atoms with E-state index in [-0.39, 0.29) is 0 Å². The Labute approximate surface area is 110 Å². The third-order valence-electron chi connectivity index (χ3n) is 2.70. The lowest BCUT2D eigenvalue weighted by molar-refractivity contribution is 0.652. The number of aliphatic imine (C=N–C) groups is 1. The zero-order chi connectivity index (χ0) is 13.2. The van der Waals surface area contributed by atoms with Crippen LogP contribution < -0.4 is 11.1 Å². The molecule has 18 heavy (non-hydrogen) atoms. The molecule has 1 aromatic heterocycles. The molecule has 0 bridgehead atoms. The Bertz CT molecular complexity index is 374. The van der Waals surface area contributed by atoms with E-state index in [1.54, 1.807) is 0 Å². The highest BCUT2D eigenvalue weighted by Crippen LogP contribution is 2.02. The highest BCUT2D eigenvalue weighted by atomic mass is 15.1. The lowest BCUT2D eigenvalue weighted by Gasteiger charge is -2.05. The first-order valence-electron chi connectivity index (χ1n) is 6.66. The molecule has 0 aliphatic heterocycles. The summed E-state index contributed by atoms with van der Waals surface area (Å²) >= 11 is 0. The van der Waals surface area contributed by atoms with Gasteiger partial charge in [-0.2, -0.15) is 0 Å². The fourth-order valence-electron chi connectivity index (χ4n) is 1.70. The maximum atomic E-state index is 5.79. The van der Waals surface area contributed by atoms with Gasteiger partial charge in [0.15, 0.2) is 5.96 Å². The molecule has 0 amide bonds. The summed E-state index contributed by atoms with van der Waals surface area (Å²) in [5, 5.41) is 3.13. The van der Waals surface area contributed by atoms with Crippen molar-refractivity contribution in [3.63, 3.8) is 0 Å². The molecule has 0 spiro atoms. The van der Waals surface area contributed by atoms with E-state index in [1.165, 1.54) is 19.3 Å². The van der Waals surface area contributed by atoms with Crippen LogP contribution >= 0.6 is 0 Å². The van der Waals surface area contributed by atoms with Crippen molar-refractivity contribution < 1.29 is 0 Å². The molecular weight excluding hydrogens is 224 g/mol. The van der Waals surface area contributed by atoms with Gasteiger partial charge in [-0.1, -0.05) is 32.3 Å². The molecule has 0 aliphatic carbocycles. The maximum absolute atomic E-state index is 5.79. The van der Waals surface area contributed by atoms with Crippen LogP contribution in [0.5, 0.6) is 0 Å². The topological polar surface area (TPSA) is 63.3 Å². The fourth-order valence-corrected chi connectivity index (χ4v) is 1.70. The van der Waals surface area contributed by atoms with Crippen molar-refractivity contribution in [1.82, 2.24) is 10.3 Å². The second kappa shape index (κ2) is 8.50. The number of rotatable bonds is 7. The van der Waals surface area contributed by atoms with Gasteiger partial charge in [-0.25, -0.2) is 4.99 Å². The zero-order valence-electron chi connectivity index (χ0n) is 11.4. The maximum Gasteiger partial charge on any atom is 0.188 e. The van der Waals surface area contributed by atoms with Gasteiger partial charge < -0.3 is 11.1 Å². The molecule has 0 saturated heterocycles. The molecule has 1 heterocycles. The number of hydrogen-bond donors (Lipinski definition) is 2. The Kier molecular flexibility index (Phi) is 6.84. The number of aryl methyl sites for hydroxylation is 1. The lowest BCUT2D eigenvalue weighted by Crippen LogP contribution is -2.32. The summed E-state index contributed by atoms with van der Waals surface area (Å²) in [6.07, 6.45) is 8.60. The molecule has 0 radical (unpaired) electrons. The monoisotopic (exact) mass is 248 g/mol. The van der Waals surface area contributed by atoms with Gasteiger partial charge in [-0.15, -0.1) is 0 Å². The van der Waals surface area contributed by atoms with Gasteiger partial charge in [0.05, 0.1) is 6.54 Å². The standard InChI is InChI=1S/C14H24N4/c1-3-4-5-6-7-17-14(15)18-11-13-8-12(2)9-16-10-13/h8-10H,3-7,11H2,1-2H3,(H3,15,17,18). The van der Waals surface area contributed by atoms with Gasteiger partial charge in [0.1, 0.15) is 0 Å². The molecule has 0 saturated carbocycles. The van der Waals surface area contributed by atoms with Crippen LogP contribution in [0.1, 0.15) is 43.7 Å². The van der Waals surface area contributed by atoms with Crippen molar-refractivity contribution in [3.8, 4) is 0 Å². The SMILES string of the molecule is CCCCCCNC(N)=NCc1cncc(C)c1. The van der Waals surface area contributed by atoms with Crippen LogP contribution in [0.2, 0.25) is 0 Å². The van der Waals surface area contributed by atoms with Gasteiger partial charge in [0.25, 0.3) is 0 Å². The summed E-state index contributed by atoms with van der Waals surface area (Å²) in [5.41, 5.74) is 8.03. The quantitative estimate of drug-likeness (QED) is 0.442. The second-order valence-electron chi connectivity index (χ2n) is 4.56. The predicted octanol–water partition coefficient (Wildman–Crippen LogP) is 2.37. The van der Waals surface area contributed by atoms with Gasteiger partial charge in [-0.05, 0) is 24.5 Å². The summed E-state index contributed by atoms with van der Waals surface area (Å²) < 4.78 is 0. The number of guanidine groups is 1. The van der Waals surface area contributed by atoms with E-state index in [0.29, 0.717) is 12.5 Å². The summed E-state index contributed by atoms with van der Waals surface area (Å²) in [4.78, 5) is 8.42. The number of nitrogens with two attached hydrogens (primary N) is 1. The van der Waals surface area contributed by atoms with Crippen LogP contribution in [0.4, 0.5) is 0 Å². The molecule has 0 atom stereocenters. The highest BCUT2D eigenvalue weighted by molar-refractivity contribution is 5.77. The van der Waals surface area contributed by atoms with Crippen LogP contribution in [0, 0.1) is 6.92 Å². The molecule has 0 aliphatic rings. The van der Waals surface area contributed by atoms with Gasteiger partial charge in [-0.3, -0.25) is 4.98 Å². The molecule has 0 fully saturated rings. The minimum absolute atomic E-state index is 0.521. The summed E-state index contributed by atoms with van der Waals surface area (Å²) in [6.45, 7) is 5.72. The number of nitrogens with one attached hydrogen (secondary N) is 1. The Morgan fingerprint density at radius 3 is 2.89 bits per heavy atom. The number of aromatic nitrogens is 1. The molecule has 0 unspecified atom stereocenters. The Hall–Kier alpha value is -1.58. The Morgan fingerprint density at radius 2 is 2.17 bits per heavy atom. The van der Waals surface area contributed by atoms with E-state index < -0.39 is 0 Å². The number of pyridine rings is 1.